The van der Waals surface area contributed by atoms with Crippen molar-refractivity contribution in [1.29, 1.82) is 0 Å². The lowest BCUT2D eigenvalue weighted by Crippen LogP contribution is -2.33. The molecule has 122 valence electrons. The highest BCUT2D eigenvalue weighted by molar-refractivity contribution is 7.10. The Morgan fingerprint density at radius 2 is 2.13 bits per heavy atom. The molecule has 2 heterocycles. The topological polar surface area (TPSA) is 55.8 Å². The second kappa shape index (κ2) is 7.02. The van der Waals surface area contributed by atoms with Gasteiger partial charge in [-0.3, -0.25) is 0 Å². The van der Waals surface area contributed by atoms with Crippen LogP contribution in [0.3, 0.4) is 0 Å². The van der Waals surface area contributed by atoms with E-state index in [9.17, 15) is 4.79 Å². The zero-order valence-electron chi connectivity index (χ0n) is 13.2. The number of nitrogens with zero attached hydrogens (tertiary/aromatic N) is 2. The van der Waals surface area contributed by atoms with Gasteiger partial charge in [0.25, 0.3) is 0 Å². The van der Waals surface area contributed by atoms with Crippen LogP contribution in [0, 0.1) is 0 Å². The van der Waals surface area contributed by atoms with Crippen LogP contribution in [0.15, 0.2) is 35.7 Å². The van der Waals surface area contributed by atoms with Crippen LogP contribution in [0.25, 0.3) is 0 Å². The minimum atomic E-state index is -0.215. The Morgan fingerprint density at radius 3 is 2.87 bits per heavy atom. The first-order valence-corrected chi connectivity index (χ1v) is 8.58. The fourth-order valence-electron chi connectivity index (χ4n) is 2.69. The second-order valence-electron chi connectivity index (χ2n) is 5.66. The quantitative estimate of drug-likeness (QED) is 0.906. The summed E-state index contributed by atoms with van der Waals surface area (Å²) in [5, 5.41) is 13.8. The molecule has 6 heteroatoms. The monoisotopic (exact) mass is 331 g/mol. The first-order valence-electron chi connectivity index (χ1n) is 7.70. The van der Waals surface area contributed by atoms with Gasteiger partial charge in [-0.05, 0) is 47.7 Å². The number of aliphatic hydroxyl groups excluding tert-OH is 1. The van der Waals surface area contributed by atoms with E-state index in [0.717, 1.165) is 25.2 Å². The molecule has 2 N–H and O–H groups in total. The molecule has 0 unspecified atom stereocenters. The summed E-state index contributed by atoms with van der Waals surface area (Å²) in [6, 6.07) is 9.91. The highest BCUT2D eigenvalue weighted by Gasteiger charge is 2.17. The number of anilines is 2. The van der Waals surface area contributed by atoms with Crippen LogP contribution in [0.4, 0.5) is 16.2 Å². The minimum absolute atomic E-state index is 0.0393. The molecular weight excluding hydrogens is 310 g/mol. The Bertz CT molecular complexity index is 669. The van der Waals surface area contributed by atoms with Crippen LogP contribution in [0.5, 0.6) is 0 Å². The average molecular weight is 331 g/mol. The SMILES string of the molecule is CN(CCO)C(=O)Nc1ccc(N2CCc3sccc3C2)cc1. The van der Waals surface area contributed by atoms with Gasteiger partial charge in [-0.2, -0.15) is 0 Å². The molecule has 0 spiro atoms. The molecule has 1 aromatic carbocycles. The summed E-state index contributed by atoms with van der Waals surface area (Å²) >= 11 is 1.84. The van der Waals surface area contributed by atoms with E-state index in [1.807, 2.05) is 35.6 Å². The summed E-state index contributed by atoms with van der Waals surface area (Å²) in [6.45, 7) is 2.26. The summed E-state index contributed by atoms with van der Waals surface area (Å²) in [5.41, 5.74) is 3.35. The zero-order valence-corrected chi connectivity index (χ0v) is 14.0. The van der Waals surface area contributed by atoms with Gasteiger partial charge in [0, 0.05) is 42.9 Å². The fourth-order valence-corrected chi connectivity index (χ4v) is 3.58. The molecule has 1 aromatic heterocycles. The number of hydrogen-bond donors (Lipinski definition) is 2. The summed E-state index contributed by atoms with van der Waals surface area (Å²) in [5.74, 6) is 0. The molecule has 0 radical (unpaired) electrons. The summed E-state index contributed by atoms with van der Waals surface area (Å²) in [7, 11) is 1.66. The number of rotatable bonds is 4. The van der Waals surface area contributed by atoms with Gasteiger partial charge in [-0.1, -0.05) is 0 Å². The van der Waals surface area contributed by atoms with Crippen molar-refractivity contribution >= 4 is 28.7 Å². The Labute approximate surface area is 140 Å². The standard InChI is InChI=1S/C17H21N3O2S/c1-19(9-10-21)17(22)18-14-2-4-15(5-3-14)20-8-6-16-13(12-20)7-11-23-16/h2-5,7,11,21H,6,8-10,12H2,1H3,(H,18,22). The molecule has 5 nitrogen and oxygen atoms in total. The van der Waals surface area contributed by atoms with E-state index in [0.29, 0.717) is 6.54 Å². The van der Waals surface area contributed by atoms with Gasteiger partial charge in [-0.25, -0.2) is 4.79 Å². The first kappa shape index (κ1) is 15.8. The van der Waals surface area contributed by atoms with E-state index < -0.39 is 0 Å². The molecule has 0 bridgehead atoms. The number of hydrogen-bond acceptors (Lipinski definition) is 4. The number of carbonyl (C=O) groups is 1. The number of aliphatic hydroxyl groups is 1. The van der Waals surface area contributed by atoms with E-state index in [2.05, 4.69) is 21.7 Å². The normalized spacial score (nSPS) is 13.6. The van der Waals surface area contributed by atoms with Gasteiger partial charge in [0.2, 0.25) is 0 Å². The van der Waals surface area contributed by atoms with Gasteiger partial charge in [0.1, 0.15) is 0 Å². The van der Waals surface area contributed by atoms with Crippen LogP contribution in [0.2, 0.25) is 0 Å². The minimum Gasteiger partial charge on any atom is -0.395 e. The molecule has 1 aliphatic rings. The van der Waals surface area contributed by atoms with Crippen LogP contribution in [0.1, 0.15) is 10.4 Å². The summed E-state index contributed by atoms with van der Waals surface area (Å²) < 4.78 is 0. The third-order valence-electron chi connectivity index (χ3n) is 4.07. The van der Waals surface area contributed by atoms with Crippen LogP contribution in [-0.2, 0) is 13.0 Å². The molecule has 2 aromatic rings. The Morgan fingerprint density at radius 1 is 1.35 bits per heavy atom. The van der Waals surface area contributed by atoms with E-state index in [1.54, 1.807) is 7.05 Å². The number of carbonyl (C=O) groups excluding carboxylic acids is 1. The van der Waals surface area contributed by atoms with Crippen molar-refractivity contribution in [2.75, 3.05) is 37.0 Å². The third-order valence-corrected chi connectivity index (χ3v) is 5.10. The van der Waals surface area contributed by atoms with Crippen molar-refractivity contribution in [3.63, 3.8) is 0 Å². The number of likely N-dealkylation sites (N-methyl/N-ethyl adjacent to an activating group) is 1. The molecule has 1 aliphatic heterocycles. The number of urea groups is 1. The van der Waals surface area contributed by atoms with E-state index in [1.165, 1.54) is 21.0 Å². The van der Waals surface area contributed by atoms with Gasteiger partial charge in [0.15, 0.2) is 0 Å². The summed E-state index contributed by atoms with van der Waals surface area (Å²) in [6.07, 6.45) is 1.09. The predicted octanol–water partition coefficient (Wildman–Crippen LogP) is 2.77. The van der Waals surface area contributed by atoms with Crippen molar-refractivity contribution in [3.8, 4) is 0 Å². The van der Waals surface area contributed by atoms with E-state index in [-0.39, 0.29) is 12.6 Å². The first-order chi connectivity index (χ1) is 11.2. The van der Waals surface area contributed by atoms with Crippen molar-refractivity contribution in [2.24, 2.45) is 0 Å². The van der Waals surface area contributed by atoms with Crippen molar-refractivity contribution in [2.45, 2.75) is 13.0 Å². The Kier molecular flexibility index (Phi) is 4.83. The zero-order chi connectivity index (χ0) is 16.2. The Balaban J connectivity index is 1.63. The predicted molar refractivity (Wildman–Crippen MR) is 94.2 cm³/mol. The van der Waals surface area contributed by atoms with E-state index >= 15 is 0 Å². The molecule has 2 amide bonds. The number of nitrogens with one attached hydrogen (secondary N) is 1. The number of amides is 2. The number of fused-ring (bicyclic) bond motifs is 1. The lowest BCUT2D eigenvalue weighted by molar-refractivity contribution is 0.202. The van der Waals surface area contributed by atoms with Gasteiger partial charge < -0.3 is 20.2 Å². The number of thiophene rings is 1. The molecule has 0 saturated carbocycles. The van der Waals surface area contributed by atoms with Crippen LogP contribution < -0.4 is 10.2 Å². The molecule has 0 fully saturated rings. The lowest BCUT2D eigenvalue weighted by atomic mass is 10.1. The lowest BCUT2D eigenvalue weighted by Gasteiger charge is -2.29. The maximum absolute atomic E-state index is 11.9. The van der Waals surface area contributed by atoms with Crippen molar-refractivity contribution in [1.82, 2.24) is 4.90 Å². The van der Waals surface area contributed by atoms with Gasteiger partial charge >= 0.3 is 6.03 Å². The van der Waals surface area contributed by atoms with Crippen molar-refractivity contribution < 1.29 is 9.90 Å². The average Bonchev–Trinajstić information content (AvgIpc) is 3.03. The Hall–Kier alpha value is -2.05. The molecule has 3 rings (SSSR count). The maximum Gasteiger partial charge on any atom is 0.321 e. The summed E-state index contributed by atoms with van der Waals surface area (Å²) in [4.78, 5) is 17.2. The molecule has 23 heavy (non-hydrogen) atoms. The maximum atomic E-state index is 11.9. The molecule has 0 atom stereocenters. The molecular formula is C17H21N3O2S. The number of benzene rings is 1. The van der Waals surface area contributed by atoms with Crippen molar-refractivity contribution in [3.05, 3.63) is 46.2 Å². The highest BCUT2D eigenvalue weighted by atomic mass is 32.1. The van der Waals surface area contributed by atoms with Gasteiger partial charge in [-0.15, -0.1) is 11.3 Å². The second-order valence-corrected chi connectivity index (χ2v) is 6.66. The smallest absolute Gasteiger partial charge is 0.321 e. The fraction of sp³-hybridized carbons (Fsp3) is 0.353. The molecule has 0 saturated heterocycles. The van der Waals surface area contributed by atoms with Gasteiger partial charge in [0.05, 0.1) is 6.61 Å². The molecule has 0 aliphatic carbocycles. The van der Waals surface area contributed by atoms with E-state index in [4.69, 9.17) is 5.11 Å². The van der Waals surface area contributed by atoms with Crippen LogP contribution in [-0.4, -0.2) is 42.8 Å². The highest BCUT2D eigenvalue weighted by Crippen LogP contribution is 2.28. The van der Waals surface area contributed by atoms with Crippen LogP contribution >= 0.6 is 11.3 Å². The third kappa shape index (κ3) is 3.65. The largest absolute Gasteiger partial charge is 0.395 e.